The number of ether oxygens (including phenoxy) is 4. The number of nitrogens with one attached hydrogen (secondary N) is 6. The highest BCUT2D eigenvalue weighted by atomic mass is 32.2. The molecule has 0 fully saturated rings. The lowest BCUT2D eigenvalue weighted by Crippen LogP contribution is -2.29. The van der Waals surface area contributed by atoms with Crippen LogP contribution in [-0.2, 0) is 45.6 Å². The number of sulfonamides is 3. The monoisotopic (exact) mass is 1930 g/mol. The second-order valence-corrected chi connectivity index (χ2v) is 42.0. The number of aryl methyl sites for hydroxylation is 6. The highest BCUT2D eigenvalue weighted by Crippen LogP contribution is 2.51. The minimum atomic E-state index is -4.09. The Morgan fingerprint density at radius 1 is 0.326 bits per heavy atom. The maximum absolute atomic E-state index is 14.4. The molecule has 0 atom stereocenters. The second kappa shape index (κ2) is 39.9. The Balaban J connectivity index is 0.000000260. The number of nitrogen functional groups attached to an aromatic ring is 3. The van der Waals surface area contributed by atoms with Crippen molar-refractivity contribution in [2.24, 2.45) is 5.41 Å². The van der Waals surface area contributed by atoms with Crippen molar-refractivity contribution in [3.8, 4) is 34.5 Å². The summed E-state index contributed by atoms with van der Waals surface area (Å²) in [5.41, 5.74) is 30.0. The van der Waals surface area contributed by atoms with Gasteiger partial charge in [-0.05, 0) is 183 Å². The van der Waals surface area contributed by atoms with Crippen LogP contribution in [0, 0.1) is 67.7 Å². The van der Waals surface area contributed by atoms with Crippen molar-refractivity contribution < 1.29 is 88.3 Å². The van der Waals surface area contributed by atoms with Crippen molar-refractivity contribution in [1.29, 1.82) is 0 Å². The molecule has 0 aliphatic heterocycles. The third-order valence-corrected chi connectivity index (χ3v) is 30.2. The zero-order chi connectivity index (χ0) is 99.4. The molecule has 12 aromatic carbocycles. The summed E-state index contributed by atoms with van der Waals surface area (Å²) in [6.45, 7) is 29.3. The van der Waals surface area contributed by atoms with Crippen LogP contribution in [0.15, 0.2) is 197 Å². The molecule has 0 unspecified atom stereocenters. The summed E-state index contributed by atoms with van der Waals surface area (Å²) in [4.78, 5) is 85.7. The van der Waals surface area contributed by atoms with Gasteiger partial charge in [0.15, 0.2) is 51.9 Å². The first kappa shape index (κ1) is 102. The molecule has 0 heterocycles. The Labute approximate surface area is 804 Å². The van der Waals surface area contributed by atoms with Crippen LogP contribution in [0.1, 0.15) is 225 Å². The molecule has 3 aliphatic rings. The van der Waals surface area contributed by atoms with Crippen LogP contribution in [0.4, 0.5) is 51.2 Å². The van der Waals surface area contributed by atoms with Crippen molar-refractivity contribution in [3.05, 3.63) is 316 Å². The fourth-order valence-electron chi connectivity index (χ4n) is 19.0. The minimum Gasteiger partial charge on any atom is -0.455 e. The fourth-order valence-corrected chi connectivity index (χ4v) is 23.4. The molecule has 138 heavy (non-hydrogen) atoms. The zero-order valence-corrected chi connectivity index (χ0v) is 81.5. The Hall–Kier alpha value is -13.6. The van der Waals surface area contributed by atoms with E-state index in [2.05, 4.69) is 64.7 Å². The Bertz CT molecular complexity index is 7060. The molecule has 15 rings (SSSR count). The van der Waals surface area contributed by atoms with Crippen LogP contribution in [0.2, 0.25) is 0 Å². The van der Waals surface area contributed by atoms with E-state index in [9.17, 15) is 64.2 Å². The molecular formula is C107H115N9O19S3. The fraction of sp³-hybridized carbons (Fsp3) is 0.271. The van der Waals surface area contributed by atoms with E-state index in [-0.39, 0.29) is 191 Å². The average molecular weight is 1930 g/mol. The van der Waals surface area contributed by atoms with Crippen molar-refractivity contribution >= 4 is 116 Å². The summed E-state index contributed by atoms with van der Waals surface area (Å²) >= 11 is 0. The number of aliphatic hydroxyl groups excluding tert-OH is 3. The standard InChI is InChI=1S/C65H62N6O12S2.C41H49N3O7S.CH4/c1-33-29-35(3)63(84(78,79)68-25-27-72)37(5)57(33)70-47-31-49(55(66)53-51(47)59(74)43-13-9-11-15-45(43)61(53)76)82-41-21-17-39(18-22-41)65(7,8)40-19-23-42(24-20-40)83-50-32-48(52-54(56(50)67)62(77)46-16-12-10-14-44(46)60(52)75)71-58-34(2)30-36(4)64(38(58)6)85(80,81)69-26-28-73;1-24-21-25(2)39(52(48,49)43-17-19-50-20-18-45)26(3)36(24)44-31-22-32(51-28-15-13-27(14-16-28)41(7,8)23-40(4,5)6)35(42)34-33(31)37(46)29-11-9-10-12-30(29)38(34)47;/h9-24,29-32,68-73H,25-28,66-67H2,1-8H3;9-16,21-22,43-45H,17-20,23,42H2,1-8H3;1H4. The number of aliphatic hydroxyl groups is 3. The molecule has 0 saturated heterocycles. The molecule has 28 nitrogen and oxygen atoms in total. The van der Waals surface area contributed by atoms with Crippen LogP contribution in [-0.4, -0.2) is 128 Å². The Kier molecular flexibility index (Phi) is 29.4. The van der Waals surface area contributed by atoms with Gasteiger partial charge in [-0.1, -0.05) is 183 Å². The molecule has 31 heteroatoms. The topological polar surface area (TPSA) is 453 Å². The number of nitrogens with two attached hydrogens (primary N) is 3. The van der Waals surface area contributed by atoms with Crippen molar-refractivity contribution in [1.82, 2.24) is 14.2 Å². The first-order chi connectivity index (χ1) is 64.7. The number of anilines is 9. The summed E-state index contributed by atoms with van der Waals surface area (Å²) in [7, 11) is -12.2. The summed E-state index contributed by atoms with van der Waals surface area (Å²) < 4.78 is 113. The van der Waals surface area contributed by atoms with E-state index in [1.807, 2.05) is 69.3 Å². The minimum absolute atomic E-state index is 0. The van der Waals surface area contributed by atoms with Crippen LogP contribution in [0.25, 0.3) is 0 Å². The Morgan fingerprint density at radius 3 is 0.848 bits per heavy atom. The largest absolute Gasteiger partial charge is 0.455 e. The van der Waals surface area contributed by atoms with E-state index in [0.717, 1.165) is 28.7 Å². The lowest BCUT2D eigenvalue weighted by molar-refractivity contribution is 0.0961. The molecule has 0 bridgehead atoms. The zero-order valence-electron chi connectivity index (χ0n) is 79.0. The van der Waals surface area contributed by atoms with E-state index in [1.54, 1.807) is 177 Å². The number of carbonyl (C=O) groups excluding carboxylic acids is 6. The summed E-state index contributed by atoms with van der Waals surface area (Å²) in [5, 5.41) is 37.7. The Morgan fingerprint density at radius 2 is 0.587 bits per heavy atom. The number of benzene rings is 12. The van der Waals surface area contributed by atoms with Gasteiger partial charge < -0.3 is 67.4 Å². The molecule has 0 saturated carbocycles. The highest BCUT2D eigenvalue weighted by Gasteiger charge is 2.42. The van der Waals surface area contributed by atoms with E-state index in [1.165, 1.54) is 12.1 Å². The first-order valence-electron chi connectivity index (χ1n) is 44.5. The van der Waals surface area contributed by atoms with Gasteiger partial charge in [0.05, 0.1) is 115 Å². The number of rotatable bonds is 31. The SMILES string of the molecule is C.Cc1cc(C)c(S(=O)(=O)NCCO)c(C)c1Nc1cc(Oc2ccc(C(C)(C)c3ccc(Oc4cc(Nc5c(C)cc(C)c(S(=O)(=O)NCCO)c5C)c5c(c4N)C(=O)c4ccccc4C5=O)cc3)cc2)c(N)c2c1C(=O)c1ccccc1C2=O.Cc1cc(C)c(S(=O)(=O)NCCOCCO)c(C)c1Nc1cc(Oc2ccc(C(C)(C)CC(C)(C)C)cc2)c(N)c2c1C(=O)c1ccccc1C2=O. The van der Waals surface area contributed by atoms with Gasteiger partial charge in [-0.3, -0.25) is 28.8 Å². The predicted octanol–water partition coefficient (Wildman–Crippen LogP) is 18.3. The van der Waals surface area contributed by atoms with Crippen LogP contribution in [0.3, 0.4) is 0 Å². The lowest BCUT2D eigenvalue weighted by atomic mass is 9.72. The maximum Gasteiger partial charge on any atom is 0.241 e. The van der Waals surface area contributed by atoms with Crippen LogP contribution >= 0.6 is 0 Å². The van der Waals surface area contributed by atoms with Gasteiger partial charge in [-0.15, -0.1) is 0 Å². The van der Waals surface area contributed by atoms with Crippen LogP contribution in [0.5, 0.6) is 34.5 Å². The number of ketones is 6. The van der Waals surface area contributed by atoms with Crippen molar-refractivity contribution in [3.63, 3.8) is 0 Å². The molecular weight excluding hydrogens is 1810 g/mol. The third-order valence-electron chi connectivity index (χ3n) is 24.9. The van der Waals surface area contributed by atoms with E-state index in [4.69, 9.17) is 41.3 Å². The summed E-state index contributed by atoms with van der Waals surface area (Å²) in [5.74, 6) is -1.26. The number of hydrogen-bond donors (Lipinski definition) is 12. The highest BCUT2D eigenvalue weighted by molar-refractivity contribution is 7.90. The average Bonchev–Trinajstić information content (AvgIpc) is 0.731. The second-order valence-electron chi connectivity index (χ2n) is 36.9. The molecule has 3 aliphatic carbocycles. The number of fused-ring (bicyclic) bond motifs is 6. The molecule has 0 radical (unpaired) electrons. The quantitative estimate of drug-likeness (QED) is 0.0142. The molecule has 0 aromatic heterocycles. The molecule has 12 aromatic rings. The van der Waals surface area contributed by atoms with Gasteiger partial charge >= 0.3 is 0 Å². The maximum atomic E-state index is 14.4. The van der Waals surface area contributed by atoms with E-state index < -0.39 is 83.4 Å². The van der Waals surface area contributed by atoms with Crippen molar-refractivity contribution in [2.75, 3.05) is 85.8 Å². The summed E-state index contributed by atoms with van der Waals surface area (Å²) in [6, 6.07) is 51.5. The molecule has 0 amide bonds. The van der Waals surface area contributed by atoms with Gasteiger partial charge in [-0.25, -0.2) is 39.4 Å². The first-order valence-corrected chi connectivity index (χ1v) is 48.9. The smallest absolute Gasteiger partial charge is 0.241 e. The van der Waals surface area contributed by atoms with Gasteiger partial charge in [0, 0.05) is 93.7 Å². The normalized spacial score (nSPS) is 13.0. The molecule has 720 valence electrons. The van der Waals surface area contributed by atoms with Gasteiger partial charge in [0.2, 0.25) is 30.1 Å². The van der Waals surface area contributed by atoms with Crippen molar-refractivity contribution in [2.45, 2.75) is 150 Å². The number of hydrogen-bond acceptors (Lipinski definition) is 25. The van der Waals surface area contributed by atoms with Gasteiger partial charge in [-0.2, -0.15) is 0 Å². The van der Waals surface area contributed by atoms with Gasteiger partial charge in [0.1, 0.15) is 17.2 Å². The lowest BCUT2D eigenvalue weighted by Gasteiger charge is -2.33. The van der Waals surface area contributed by atoms with Gasteiger partial charge in [0.25, 0.3) is 0 Å². The summed E-state index contributed by atoms with van der Waals surface area (Å²) in [6.07, 6.45) is 0.973. The number of carbonyl (C=O) groups is 6. The van der Waals surface area contributed by atoms with Crippen LogP contribution < -0.4 is 61.5 Å². The predicted molar refractivity (Wildman–Crippen MR) is 537 cm³/mol. The molecule has 0 spiro atoms. The van der Waals surface area contributed by atoms with E-state index in [0.29, 0.717) is 78.8 Å². The third kappa shape index (κ3) is 19.9. The molecule has 15 N–H and O–H groups in total. The van der Waals surface area contributed by atoms with E-state index >= 15 is 0 Å².